The van der Waals surface area contributed by atoms with Gasteiger partial charge in [-0.25, -0.2) is 0 Å². The molecule has 0 spiro atoms. The molecular weight excluding hydrogens is 256 g/mol. The van der Waals surface area contributed by atoms with E-state index in [0.717, 1.165) is 24.2 Å². The van der Waals surface area contributed by atoms with E-state index in [9.17, 15) is 9.90 Å². The zero-order valence-corrected chi connectivity index (χ0v) is 11.2. The van der Waals surface area contributed by atoms with Crippen molar-refractivity contribution in [1.82, 2.24) is 15.1 Å². The summed E-state index contributed by atoms with van der Waals surface area (Å²) in [5.74, 6) is 0.319. The molecule has 6 heteroatoms. The minimum absolute atomic E-state index is 0.0286. The van der Waals surface area contributed by atoms with Crippen LogP contribution in [-0.4, -0.2) is 27.3 Å². The number of aryl methyl sites for hydroxylation is 1. The van der Waals surface area contributed by atoms with Crippen LogP contribution in [0, 0.1) is 0 Å². The highest BCUT2D eigenvalue weighted by molar-refractivity contribution is 6.06. The first-order valence-corrected chi connectivity index (χ1v) is 6.51. The number of fused-ring (bicyclic) bond motifs is 1. The number of phenolic OH excluding ortho intramolecular Hbond substituents is 1. The Hall–Kier alpha value is -2.34. The summed E-state index contributed by atoms with van der Waals surface area (Å²) in [6.07, 6.45) is 0.857. The molecule has 104 valence electrons. The number of anilines is 1. The molecule has 20 heavy (non-hydrogen) atoms. The van der Waals surface area contributed by atoms with E-state index >= 15 is 0 Å². The molecule has 0 saturated heterocycles. The predicted octanol–water partition coefficient (Wildman–Crippen LogP) is 1.02. The number of hydrogen-bond acceptors (Lipinski definition) is 4. The van der Waals surface area contributed by atoms with E-state index in [0.29, 0.717) is 12.4 Å². The number of nitrogens with zero attached hydrogens (tertiary/aromatic N) is 2. The summed E-state index contributed by atoms with van der Waals surface area (Å²) < 4.78 is 1.68. The molecule has 3 N–H and O–H groups in total. The molecule has 0 fully saturated rings. The minimum atomic E-state index is -0.334. The van der Waals surface area contributed by atoms with E-state index in [1.165, 1.54) is 6.07 Å². The van der Waals surface area contributed by atoms with Crippen LogP contribution in [0.25, 0.3) is 0 Å². The molecule has 1 aliphatic heterocycles. The fraction of sp³-hybridized carbons (Fsp3) is 0.286. The van der Waals surface area contributed by atoms with Crippen molar-refractivity contribution < 1.29 is 9.90 Å². The topological polar surface area (TPSA) is 79.2 Å². The van der Waals surface area contributed by atoms with E-state index in [4.69, 9.17) is 0 Å². The maximum atomic E-state index is 12.2. The number of hydrogen-bond donors (Lipinski definition) is 3. The lowest BCUT2D eigenvalue weighted by Crippen LogP contribution is -2.24. The van der Waals surface area contributed by atoms with Crippen molar-refractivity contribution >= 4 is 11.7 Å². The molecule has 0 unspecified atom stereocenters. The zero-order valence-electron chi connectivity index (χ0n) is 11.2. The second kappa shape index (κ2) is 4.97. The molecule has 0 bridgehead atoms. The maximum absolute atomic E-state index is 12.2. The van der Waals surface area contributed by atoms with Crippen molar-refractivity contribution in [3.8, 4) is 5.75 Å². The van der Waals surface area contributed by atoms with E-state index in [2.05, 4.69) is 15.7 Å². The average Bonchev–Trinajstić information content (AvgIpc) is 2.76. The van der Waals surface area contributed by atoms with Gasteiger partial charge in [0.2, 0.25) is 0 Å². The van der Waals surface area contributed by atoms with Gasteiger partial charge >= 0.3 is 0 Å². The van der Waals surface area contributed by atoms with Crippen LogP contribution in [0.5, 0.6) is 5.75 Å². The number of nitrogens with one attached hydrogen (secondary N) is 2. The van der Waals surface area contributed by atoms with Gasteiger partial charge in [-0.15, -0.1) is 0 Å². The summed E-state index contributed by atoms with van der Waals surface area (Å²) in [5.41, 5.74) is 2.28. The highest BCUT2D eigenvalue weighted by Crippen LogP contribution is 2.24. The molecule has 3 rings (SSSR count). The van der Waals surface area contributed by atoms with Crippen LogP contribution in [0.15, 0.2) is 24.3 Å². The second-order valence-corrected chi connectivity index (χ2v) is 4.80. The Bertz CT molecular complexity index is 663. The second-order valence-electron chi connectivity index (χ2n) is 4.80. The summed E-state index contributed by atoms with van der Waals surface area (Å²) in [6, 6.07) is 6.48. The molecule has 1 amide bonds. The van der Waals surface area contributed by atoms with Gasteiger partial charge in [-0.05, 0) is 12.1 Å². The van der Waals surface area contributed by atoms with Gasteiger partial charge in [0, 0.05) is 32.1 Å². The molecule has 0 aliphatic carbocycles. The van der Waals surface area contributed by atoms with E-state index in [-0.39, 0.29) is 17.2 Å². The lowest BCUT2D eigenvalue weighted by atomic mass is 10.1. The van der Waals surface area contributed by atoms with Crippen LogP contribution in [0.4, 0.5) is 5.82 Å². The molecule has 1 aromatic carbocycles. The van der Waals surface area contributed by atoms with Gasteiger partial charge < -0.3 is 15.7 Å². The van der Waals surface area contributed by atoms with Gasteiger partial charge in [0.25, 0.3) is 5.91 Å². The molecular formula is C14H16N4O2. The third-order valence-corrected chi connectivity index (χ3v) is 3.45. The Balaban J connectivity index is 1.90. The van der Waals surface area contributed by atoms with Gasteiger partial charge in [-0.1, -0.05) is 12.1 Å². The third-order valence-electron chi connectivity index (χ3n) is 3.45. The summed E-state index contributed by atoms with van der Waals surface area (Å²) in [5, 5.41) is 20.2. The van der Waals surface area contributed by atoms with E-state index < -0.39 is 0 Å². The largest absolute Gasteiger partial charge is 0.507 e. The van der Waals surface area contributed by atoms with Gasteiger partial charge in [0.05, 0.1) is 11.3 Å². The van der Waals surface area contributed by atoms with Crippen LogP contribution in [-0.2, 0) is 20.0 Å². The number of aromatic nitrogens is 2. The normalized spacial score (nSPS) is 13.8. The lowest BCUT2D eigenvalue weighted by molar-refractivity contribution is 0.102. The standard InChI is InChI=1S/C14H16N4O2/c1-18-13(10-8-15-7-6-11(10)17-18)16-14(20)9-4-2-3-5-12(9)19/h2-5,15,19H,6-8H2,1H3,(H,16,20). The van der Waals surface area contributed by atoms with Crippen molar-refractivity contribution in [3.05, 3.63) is 41.1 Å². The van der Waals surface area contributed by atoms with Crippen molar-refractivity contribution in [2.24, 2.45) is 7.05 Å². The first-order chi connectivity index (χ1) is 9.66. The molecule has 0 atom stereocenters. The fourth-order valence-electron chi connectivity index (χ4n) is 2.43. The fourth-order valence-corrected chi connectivity index (χ4v) is 2.43. The maximum Gasteiger partial charge on any atom is 0.260 e. The molecule has 1 aromatic heterocycles. The van der Waals surface area contributed by atoms with E-state index in [1.54, 1.807) is 29.9 Å². The van der Waals surface area contributed by atoms with E-state index in [1.807, 2.05) is 0 Å². The summed E-state index contributed by atoms with van der Waals surface area (Å²) in [7, 11) is 1.80. The Kier molecular flexibility index (Phi) is 3.15. The van der Waals surface area contributed by atoms with Gasteiger partial charge in [-0.2, -0.15) is 5.10 Å². The molecule has 2 aromatic rings. The molecule has 1 aliphatic rings. The summed E-state index contributed by atoms with van der Waals surface area (Å²) >= 11 is 0. The summed E-state index contributed by atoms with van der Waals surface area (Å²) in [4.78, 5) is 12.2. The number of benzene rings is 1. The Morgan fingerprint density at radius 2 is 2.25 bits per heavy atom. The van der Waals surface area contributed by atoms with Crippen LogP contribution >= 0.6 is 0 Å². The SMILES string of the molecule is Cn1nc2c(c1NC(=O)c1ccccc1O)CNCC2. The molecule has 6 nitrogen and oxygen atoms in total. The van der Waals surface area contributed by atoms with Gasteiger partial charge in [0.1, 0.15) is 11.6 Å². The van der Waals surface area contributed by atoms with Crippen molar-refractivity contribution in [3.63, 3.8) is 0 Å². The highest BCUT2D eigenvalue weighted by atomic mass is 16.3. The van der Waals surface area contributed by atoms with Gasteiger partial charge in [0.15, 0.2) is 0 Å². The number of para-hydroxylation sites is 1. The Morgan fingerprint density at radius 3 is 3.05 bits per heavy atom. The number of phenols is 1. The number of rotatable bonds is 2. The smallest absolute Gasteiger partial charge is 0.260 e. The van der Waals surface area contributed by atoms with Gasteiger partial charge in [-0.3, -0.25) is 9.48 Å². The van der Waals surface area contributed by atoms with Crippen LogP contribution in [0.1, 0.15) is 21.6 Å². The first-order valence-electron chi connectivity index (χ1n) is 6.51. The number of carbonyl (C=O) groups excluding carboxylic acids is 1. The number of carbonyl (C=O) groups is 1. The number of amides is 1. The monoisotopic (exact) mass is 272 g/mol. The summed E-state index contributed by atoms with van der Waals surface area (Å²) in [6.45, 7) is 1.59. The highest BCUT2D eigenvalue weighted by Gasteiger charge is 2.21. The molecule has 0 radical (unpaired) electrons. The molecule has 2 heterocycles. The van der Waals surface area contributed by atoms with Crippen molar-refractivity contribution in [2.45, 2.75) is 13.0 Å². The third kappa shape index (κ3) is 2.14. The van der Waals surface area contributed by atoms with Crippen molar-refractivity contribution in [1.29, 1.82) is 0 Å². The Labute approximate surface area is 116 Å². The minimum Gasteiger partial charge on any atom is -0.507 e. The predicted molar refractivity (Wildman–Crippen MR) is 74.7 cm³/mol. The molecule has 0 saturated carbocycles. The zero-order chi connectivity index (χ0) is 14.1. The lowest BCUT2D eigenvalue weighted by Gasteiger charge is -2.13. The first kappa shape index (κ1) is 12.7. The Morgan fingerprint density at radius 1 is 1.45 bits per heavy atom. The van der Waals surface area contributed by atoms with Crippen LogP contribution in [0.3, 0.4) is 0 Å². The van der Waals surface area contributed by atoms with Crippen LogP contribution in [0.2, 0.25) is 0 Å². The van der Waals surface area contributed by atoms with Crippen LogP contribution < -0.4 is 10.6 Å². The number of aromatic hydroxyl groups is 1. The quantitative estimate of drug-likeness (QED) is 0.762. The average molecular weight is 272 g/mol. The van der Waals surface area contributed by atoms with Crippen molar-refractivity contribution in [2.75, 3.05) is 11.9 Å².